The van der Waals surface area contributed by atoms with Crippen molar-refractivity contribution in [3.63, 3.8) is 0 Å². The number of nitrogens with zero attached hydrogens (tertiary/aromatic N) is 3. The first-order chi connectivity index (χ1) is 11.8. The summed E-state index contributed by atoms with van der Waals surface area (Å²) in [5, 5.41) is 4.04. The number of hydrogen-bond donors (Lipinski definition) is 0. The van der Waals surface area contributed by atoms with Crippen LogP contribution in [-0.4, -0.2) is 14.5 Å². The molecule has 2 aromatic heterocycles. The van der Waals surface area contributed by atoms with Gasteiger partial charge in [0.2, 0.25) is 0 Å². The average molecular weight is 361 g/mol. The average Bonchev–Trinajstić information content (AvgIpc) is 3.16. The van der Waals surface area contributed by atoms with Crippen LogP contribution in [0.5, 0.6) is 5.75 Å². The van der Waals surface area contributed by atoms with Gasteiger partial charge in [0.05, 0.1) is 5.69 Å². The number of hydrogen-bond acceptors (Lipinski definition) is 5. The minimum Gasteiger partial charge on any atom is -0.486 e. The van der Waals surface area contributed by atoms with Gasteiger partial charge >= 0.3 is 0 Å². The first-order valence-electron chi connectivity index (χ1n) is 7.75. The quantitative estimate of drug-likeness (QED) is 0.573. The van der Waals surface area contributed by atoms with Gasteiger partial charge in [0.25, 0.3) is 0 Å². The highest BCUT2D eigenvalue weighted by Gasteiger charge is 2.25. The van der Waals surface area contributed by atoms with Gasteiger partial charge in [0, 0.05) is 29.6 Å². The topological polar surface area (TPSA) is 39.9 Å². The monoisotopic (exact) mass is 361 g/mol. The van der Waals surface area contributed by atoms with Crippen molar-refractivity contribution in [1.82, 2.24) is 14.5 Å². The van der Waals surface area contributed by atoms with Gasteiger partial charge in [-0.3, -0.25) is 0 Å². The Balaban J connectivity index is 1.31. The Morgan fingerprint density at radius 3 is 2.92 bits per heavy atom. The molecule has 1 fully saturated rings. The Morgan fingerprint density at radius 1 is 1.29 bits per heavy atom. The van der Waals surface area contributed by atoms with Crippen LogP contribution in [-0.2, 0) is 12.4 Å². The van der Waals surface area contributed by atoms with Crippen molar-refractivity contribution < 1.29 is 9.13 Å². The number of thioether (sulfide) groups is 1. The molecule has 3 aromatic rings. The Labute approximate surface area is 147 Å². The van der Waals surface area contributed by atoms with Crippen LogP contribution in [0.2, 0.25) is 0 Å². The summed E-state index contributed by atoms with van der Waals surface area (Å²) in [5.74, 6) is 1.19. The molecule has 24 heavy (non-hydrogen) atoms. The summed E-state index contributed by atoms with van der Waals surface area (Å²) < 4.78 is 20.7. The van der Waals surface area contributed by atoms with Gasteiger partial charge in [-0.05, 0) is 37.1 Å². The summed E-state index contributed by atoms with van der Waals surface area (Å²) in [7, 11) is 0. The van der Waals surface area contributed by atoms with E-state index in [1.807, 2.05) is 6.20 Å². The molecule has 0 saturated heterocycles. The fourth-order valence-electron chi connectivity index (χ4n) is 2.34. The zero-order chi connectivity index (χ0) is 16.4. The first kappa shape index (κ1) is 15.7. The maximum atomic E-state index is 12.9. The molecule has 0 bridgehead atoms. The zero-order valence-corrected chi connectivity index (χ0v) is 14.5. The molecule has 0 unspecified atom stereocenters. The number of benzene rings is 1. The number of imidazole rings is 1. The molecule has 0 N–H and O–H groups in total. The molecule has 0 amide bonds. The van der Waals surface area contributed by atoms with Gasteiger partial charge in [0.1, 0.15) is 23.2 Å². The van der Waals surface area contributed by atoms with Gasteiger partial charge < -0.3 is 9.30 Å². The minimum atomic E-state index is -0.263. The SMILES string of the molecule is Fc1ccc(OCc2nc(CSc3nccn3C3CC3)cs2)cc1. The number of halogens is 1. The van der Waals surface area contributed by atoms with Crippen molar-refractivity contribution in [2.75, 3.05) is 0 Å². The fraction of sp³-hybridized carbons (Fsp3) is 0.294. The van der Waals surface area contributed by atoms with Crippen molar-refractivity contribution in [3.05, 3.63) is 58.6 Å². The van der Waals surface area contributed by atoms with Crippen molar-refractivity contribution in [2.45, 2.75) is 36.4 Å². The summed E-state index contributed by atoms with van der Waals surface area (Å²) in [4.78, 5) is 9.02. The van der Waals surface area contributed by atoms with Crippen molar-refractivity contribution in [3.8, 4) is 5.75 Å². The predicted molar refractivity (Wildman–Crippen MR) is 92.9 cm³/mol. The molecule has 0 spiro atoms. The molecule has 1 saturated carbocycles. The van der Waals surface area contributed by atoms with Crippen LogP contribution in [0.3, 0.4) is 0 Å². The minimum absolute atomic E-state index is 0.263. The largest absolute Gasteiger partial charge is 0.486 e. The molecular weight excluding hydrogens is 345 g/mol. The van der Waals surface area contributed by atoms with Gasteiger partial charge in [-0.2, -0.15) is 0 Å². The lowest BCUT2D eigenvalue weighted by molar-refractivity contribution is 0.305. The molecule has 1 aromatic carbocycles. The molecule has 0 aliphatic heterocycles. The van der Waals surface area contributed by atoms with E-state index in [4.69, 9.17) is 4.74 Å². The Kier molecular flexibility index (Phi) is 4.53. The molecule has 4 nitrogen and oxygen atoms in total. The summed E-state index contributed by atoms with van der Waals surface area (Å²) in [6.45, 7) is 0.400. The third-order valence-corrected chi connectivity index (χ3v) is 5.58. The van der Waals surface area contributed by atoms with E-state index in [2.05, 4.69) is 26.1 Å². The van der Waals surface area contributed by atoms with Crippen molar-refractivity contribution in [1.29, 1.82) is 0 Å². The Bertz CT molecular complexity index is 811. The lowest BCUT2D eigenvalue weighted by Gasteiger charge is -2.04. The Hall–Kier alpha value is -1.86. The smallest absolute Gasteiger partial charge is 0.168 e. The maximum absolute atomic E-state index is 12.9. The number of ether oxygens (including phenoxy) is 1. The summed E-state index contributed by atoms with van der Waals surface area (Å²) >= 11 is 3.30. The zero-order valence-electron chi connectivity index (χ0n) is 12.9. The normalized spacial score (nSPS) is 14.0. The highest BCUT2D eigenvalue weighted by molar-refractivity contribution is 7.98. The van der Waals surface area contributed by atoms with E-state index in [1.165, 1.54) is 25.0 Å². The van der Waals surface area contributed by atoms with Gasteiger partial charge in [0.15, 0.2) is 5.16 Å². The number of thiazole rings is 1. The Morgan fingerprint density at radius 2 is 2.12 bits per heavy atom. The van der Waals surface area contributed by atoms with E-state index in [1.54, 1.807) is 35.2 Å². The van der Waals surface area contributed by atoms with Gasteiger partial charge in [-0.1, -0.05) is 11.8 Å². The molecule has 1 aliphatic carbocycles. The highest BCUT2D eigenvalue weighted by atomic mass is 32.2. The van der Waals surface area contributed by atoms with Crippen LogP contribution in [0.4, 0.5) is 4.39 Å². The lowest BCUT2D eigenvalue weighted by Crippen LogP contribution is -1.96. The van der Waals surface area contributed by atoms with E-state index in [0.29, 0.717) is 18.4 Å². The standard InChI is InChI=1S/C17H16FN3OS2/c18-12-1-5-15(6-2-12)22-9-16-20-13(10-23-16)11-24-17-19-7-8-21(17)14-3-4-14/h1-2,5-8,10,14H,3-4,9,11H2. The van der Waals surface area contributed by atoms with E-state index >= 15 is 0 Å². The number of aromatic nitrogens is 3. The molecular formula is C17H16FN3OS2. The molecule has 124 valence electrons. The summed E-state index contributed by atoms with van der Waals surface area (Å²) in [6, 6.07) is 6.67. The van der Waals surface area contributed by atoms with Crippen LogP contribution in [0, 0.1) is 5.82 Å². The van der Waals surface area contributed by atoms with Gasteiger partial charge in [-0.15, -0.1) is 11.3 Å². The predicted octanol–water partition coefficient (Wildman–Crippen LogP) is 4.68. The van der Waals surface area contributed by atoms with Crippen LogP contribution >= 0.6 is 23.1 Å². The van der Waals surface area contributed by atoms with E-state index in [0.717, 1.165) is 21.6 Å². The van der Waals surface area contributed by atoms with Crippen molar-refractivity contribution in [2.24, 2.45) is 0 Å². The molecule has 2 heterocycles. The molecule has 1 aliphatic rings. The third kappa shape index (κ3) is 3.79. The molecule has 7 heteroatoms. The van der Waals surface area contributed by atoms with E-state index in [-0.39, 0.29) is 5.82 Å². The molecule has 0 radical (unpaired) electrons. The van der Waals surface area contributed by atoms with Crippen LogP contribution < -0.4 is 4.74 Å². The second-order valence-corrected chi connectivity index (χ2v) is 7.50. The second-order valence-electron chi connectivity index (χ2n) is 5.61. The molecule has 4 rings (SSSR count). The first-order valence-corrected chi connectivity index (χ1v) is 9.62. The highest BCUT2D eigenvalue weighted by Crippen LogP contribution is 2.38. The van der Waals surface area contributed by atoms with E-state index < -0.39 is 0 Å². The second kappa shape index (κ2) is 6.94. The van der Waals surface area contributed by atoms with Crippen LogP contribution in [0.1, 0.15) is 29.6 Å². The van der Waals surface area contributed by atoms with Crippen LogP contribution in [0.25, 0.3) is 0 Å². The maximum Gasteiger partial charge on any atom is 0.168 e. The third-order valence-electron chi connectivity index (χ3n) is 3.70. The summed E-state index contributed by atoms with van der Waals surface area (Å²) in [5.41, 5.74) is 1.04. The lowest BCUT2D eigenvalue weighted by atomic mass is 10.3. The van der Waals surface area contributed by atoms with Crippen molar-refractivity contribution >= 4 is 23.1 Å². The fourth-order valence-corrected chi connectivity index (χ4v) is 4.07. The van der Waals surface area contributed by atoms with Gasteiger partial charge in [-0.25, -0.2) is 14.4 Å². The van der Waals surface area contributed by atoms with Crippen LogP contribution in [0.15, 0.2) is 47.2 Å². The number of rotatable bonds is 7. The summed E-state index contributed by atoms with van der Waals surface area (Å²) in [6.07, 6.45) is 6.43. The van der Waals surface area contributed by atoms with E-state index in [9.17, 15) is 4.39 Å². The molecule has 0 atom stereocenters.